The van der Waals surface area contributed by atoms with E-state index in [-0.39, 0.29) is 49.5 Å². The van der Waals surface area contributed by atoms with E-state index in [9.17, 15) is 9.59 Å². The predicted molar refractivity (Wildman–Crippen MR) is 111 cm³/mol. The summed E-state index contributed by atoms with van der Waals surface area (Å²) in [4.78, 5) is 27.5. The van der Waals surface area contributed by atoms with E-state index in [0.717, 1.165) is 37.8 Å². The summed E-state index contributed by atoms with van der Waals surface area (Å²) in [5.41, 5.74) is 5.92. The van der Waals surface area contributed by atoms with Crippen molar-refractivity contribution < 1.29 is 14.7 Å². The number of amides is 1. The molecule has 2 fully saturated rings. The Morgan fingerprint density at radius 3 is 1.85 bits per heavy atom. The fourth-order valence-corrected chi connectivity index (χ4v) is 3.91. The molecule has 2 aliphatic heterocycles. The standard InChI is InChI=1S/C17H31N3O3.3ClH/c1-12(17(22)23)11-15(18)16(21)20-9-5-14(6-10-20)13-3-7-19(2)8-4-13;;;/h12-15H,3-11,18H2,1-2H3,(H,22,23);3*1H/t12?,15-;;;/m1.../s1. The van der Waals surface area contributed by atoms with Crippen LogP contribution in [0.4, 0.5) is 0 Å². The minimum absolute atomic E-state index is 0. The van der Waals surface area contributed by atoms with E-state index in [1.807, 2.05) is 4.90 Å². The molecule has 0 aliphatic carbocycles. The van der Waals surface area contributed by atoms with Crippen LogP contribution in [0.3, 0.4) is 0 Å². The lowest BCUT2D eigenvalue weighted by Gasteiger charge is -2.40. The van der Waals surface area contributed by atoms with Crippen LogP contribution in [0.1, 0.15) is 39.0 Å². The highest BCUT2D eigenvalue weighted by Gasteiger charge is 2.32. The van der Waals surface area contributed by atoms with Gasteiger partial charge in [0.2, 0.25) is 5.91 Å². The van der Waals surface area contributed by atoms with Gasteiger partial charge in [-0.1, -0.05) is 6.92 Å². The average molecular weight is 435 g/mol. The van der Waals surface area contributed by atoms with Gasteiger partial charge in [0, 0.05) is 13.1 Å². The zero-order chi connectivity index (χ0) is 17.0. The molecule has 0 radical (unpaired) electrons. The maximum atomic E-state index is 12.4. The Bertz CT molecular complexity index is 427. The number of hydrogen-bond acceptors (Lipinski definition) is 4. The Morgan fingerprint density at radius 2 is 1.42 bits per heavy atom. The van der Waals surface area contributed by atoms with Crippen LogP contribution in [0, 0.1) is 17.8 Å². The number of likely N-dealkylation sites (tertiary alicyclic amines) is 2. The summed E-state index contributed by atoms with van der Waals surface area (Å²) in [6, 6.07) is -0.694. The first kappa shape index (κ1) is 27.9. The molecule has 2 atom stereocenters. The number of nitrogens with two attached hydrogens (primary N) is 1. The summed E-state index contributed by atoms with van der Waals surface area (Å²) in [6.45, 7) is 5.50. The van der Waals surface area contributed by atoms with Crippen LogP contribution in [-0.2, 0) is 9.59 Å². The van der Waals surface area contributed by atoms with E-state index in [2.05, 4.69) is 11.9 Å². The molecule has 2 aliphatic rings. The quantitative estimate of drug-likeness (QED) is 0.693. The third-order valence-corrected chi connectivity index (χ3v) is 5.63. The van der Waals surface area contributed by atoms with Gasteiger partial charge in [-0.2, -0.15) is 0 Å². The molecule has 6 nitrogen and oxygen atoms in total. The lowest BCUT2D eigenvalue weighted by atomic mass is 9.79. The Morgan fingerprint density at radius 1 is 1.00 bits per heavy atom. The zero-order valence-electron chi connectivity index (χ0n) is 15.6. The number of aliphatic carboxylic acids is 1. The van der Waals surface area contributed by atoms with Crippen LogP contribution < -0.4 is 5.73 Å². The molecule has 2 saturated heterocycles. The maximum absolute atomic E-state index is 12.4. The first-order chi connectivity index (χ1) is 10.9. The molecule has 2 rings (SSSR count). The number of hydrogen-bond donors (Lipinski definition) is 2. The number of halogens is 3. The topological polar surface area (TPSA) is 86.9 Å². The van der Waals surface area contributed by atoms with Crippen LogP contribution in [-0.4, -0.2) is 66.1 Å². The monoisotopic (exact) mass is 433 g/mol. The summed E-state index contributed by atoms with van der Waals surface area (Å²) < 4.78 is 0. The van der Waals surface area contributed by atoms with Crippen molar-refractivity contribution in [2.45, 2.75) is 45.1 Å². The number of carboxylic acids is 1. The van der Waals surface area contributed by atoms with E-state index >= 15 is 0 Å². The largest absolute Gasteiger partial charge is 0.481 e. The molecule has 0 aromatic heterocycles. The molecule has 0 aromatic carbocycles. The maximum Gasteiger partial charge on any atom is 0.306 e. The van der Waals surface area contributed by atoms with E-state index in [1.165, 1.54) is 25.9 Å². The summed E-state index contributed by atoms with van der Waals surface area (Å²) >= 11 is 0. The van der Waals surface area contributed by atoms with Crippen molar-refractivity contribution in [2.24, 2.45) is 23.5 Å². The lowest BCUT2D eigenvalue weighted by Crippen LogP contribution is -2.49. The Kier molecular flexibility index (Phi) is 14.0. The summed E-state index contributed by atoms with van der Waals surface area (Å²) in [6.07, 6.45) is 4.86. The molecule has 0 bridgehead atoms. The molecule has 156 valence electrons. The second kappa shape index (κ2) is 13.0. The first-order valence-corrected chi connectivity index (χ1v) is 8.84. The highest BCUT2D eigenvalue weighted by molar-refractivity contribution is 5.86. The number of carboxylic acid groups (broad SMARTS) is 1. The predicted octanol–water partition coefficient (Wildman–Crippen LogP) is 2.27. The van der Waals surface area contributed by atoms with Gasteiger partial charge in [0.25, 0.3) is 0 Å². The van der Waals surface area contributed by atoms with E-state index in [4.69, 9.17) is 10.8 Å². The number of carbonyl (C=O) groups excluding carboxylic acids is 1. The minimum atomic E-state index is -0.894. The van der Waals surface area contributed by atoms with E-state index in [0.29, 0.717) is 0 Å². The molecule has 26 heavy (non-hydrogen) atoms. The number of nitrogens with zero attached hydrogens (tertiary/aromatic N) is 2. The molecule has 0 saturated carbocycles. The third-order valence-electron chi connectivity index (χ3n) is 5.63. The average Bonchev–Trinajstić information content (AvgIpc) is 2.55. The van der Waals surface area contributed by atoms with Crippen molar-refractivity contribution in [3.8, 4) is 0 Å². The zero-order valence-corrected chi connectivity index (χ0v) is 18.1. The highest BCUT2D eigenvalue weighted by atomic mass is 35.5. The van der Waals surface area contributed by atoms with Crippen LogP contribution in [0.15, 0.2) is 0 Å². The Balaban J connectivity index is 0. The molecule has 2 heterocycles. The van der Waals surface area contributed by atoms with Crippen LogP contribution in [0.2, 0.25) is 0 Å². The molecular formula is C17H34Cl3N3O3. The van der Waals surface area contributed by atoms with Crippen molar-refractivity contribution in [1.29, 1.82) is 0 Å². The molecule has 0 spiro atoms. The summed E-state index contributed by atoms with van der Waals surface area (Å²) in [7, 11) is 2.18. The second-order valence-corrected chi connectivity index (χ2v) is 7.38. The number of carbonyl (C=O) groups is 2. The van der Waals surface area contributed by atoms with Crippen LogP contribution >= 0.6 is 37.2 Å². The van der Waals surface area contributed by atoms with Gasteiger partial charge in [-0.25, -0.2) is 0 Å². The third kappa shape index (κ3) is 7.77. The molecular weight excluding hydrogens is 401 g/mol. The van der Waals surface area contributed by atoms with Gasteiger partial charge in [-0.05, 0) is 64.1 Å². The van der Waals surface area contributed by atoms with Crippen LogP contribution in [0.5, 0.6) is 0 Å². The molecule has 3 N–H and O–H groups in total. The number of rotatable bonds is 5. The van der Waals surface area contributed by atoms with Gasteiger partial charge in [-0.3, -0.25) is 9.59 Å². The van der Waals surface area contributed by atoms with Crippen molar-refractivity contribution in [1.82, 2.24) is 9.80 Å². The van der Waals surface area contributed by atoms with Gasteiger partial charge in [0.1, 0.15) is 0 Å². The van der Waals surface area contributed by atoms with E-state index in [1.54, 1.807) is 6.92 Å². The van der Waals surface area contributed by atoms with E-state index < -0.39 is 17.9 Å². The normalized spacial score (nSPS) is 21.6. The van der Waals surface area contributed by atoms with Gasteiger partial charge in [0.05, 0.1) is 12.0 Å². The Hall–Kier alpha value is -0.270. The van der Waals surface area contributed by atoms with Crippen molar-refractivity contribution >= 4 is 49.1 Å². The second-order valence-electron chi connectivity index (χ2n) is 7.38. The fraction of sp³-hybridized carbons (Fsp3) is 0.882. The van der Waals surface area contributed by atoms with Gasteiger partial charge in [-0.15, -0.1) is 37.2 Å². The smallest absolute Gasteiger partial charge is 0.306 e. The summed E-state index contributed by atoms with van der Waals surface area (Å²) in [5.74, 6) is -0.0362. The van der Waals surface area contributed by atoms with Gasteiger partial charge < -0.3 is 20.6 Å². The SMILES string of the molecule is CC(C[C@@H](N)C(=O)N1CCC(C2CCN(C)CC2)CC1)C(=O)O.Cl.Cl.Cl. The number of piperidine rings is 2. The Labute approximate surface area is 175 Å². The molecule has 1 amide bonds. The fourth-order valence-electron chi connectivity index (χ4n) is 3.91. The molecule has 9 heteroatoms. The first-order valence-electron chi connectivity index (χ1n) is 8.84. The summed E-state index contributed by atoms with van der Waals surface area (Å²) in [5, 5.41) is 8.94. The highest BCUT2D eigenvalue weighted by Crippen LogP contribution is 2.32. The van der Waals surface area contributed by atoms with Crippen molar-refractivity contribution in [3.05, 3.63) is 0 Å². The van der Waals surface area contributed by atoms with Crippen LogP contribution in [0.25, 0.3) is 0 Å². The van der Waals surface area contributed by atoms with Crippen molar-refractivity contribution in [2.75, 3.05) is 33.2 Å². The van der Waals surface area contributed by atoms with Gasteiger partial charge in [0.15, 0.2) is 0 Å². The minimum Gasteiger partial charge on any atom is -0.481 e. The lowest BCUT2D eigenvalue weighted by molar-refractivity contribution is -0.142. The molecule has 0 aromatic rings. The van der Waals surface area contributed by atoms with Gasteiger partial charge >= 0.3 is 5.97 Å². The van der Waals surface area contributed by atoms with Crippen molar-refractivity contribution in [3.63, 3.8) is 0 Å². The molecule has 1 unspecified atom stereocenters.